The Morgan fingerprint density at radius 3 is 2.64 bits per heavy atom. The van der Waals surface area contributed by atoms with E-state index in [1.165, 1.54) is 4.90 Å². The molecular formula is C11H16O2S. The number of hydrogen-bond acceptors (Lipinski definition) is 3. The van der Waals surface area contributed by atoms with E-state index in [4.69, 9.17) is 10.2 Å². The quantitative estimate of drug-likeness (QED) is 0.579. The summed E-state index contributed by atoms with van der Waals surface area (Å²) in [5.41, 5.74) is 2.11. The van der Waals surface area contributed by atoms with E-state index in [9.17, 15) is 0 Å². The smallest absolute Gasteiger partial charge is 0.0684 e. The Balaban J connectivity index is 2.57. The van der Waals surface area contributed by atoms with Gasteiger partial charge in [0.1, 0.15) is 0 Å². The second-order valence-electron chi connectivity index (χ2n) is 3.17. The Kier molecular flexibility index (Phi) is 5.01. The number of aryl methyl sites for hydroxylation is 1. The minimum absolute atomic E-state index is 0.105. The monoisotopic (exact) mass is 212 g/mol. The maximum Gasteiger partial charge on any atom is 0.0684 e. The summed E-state index contributed by atoms with van der Waals surface area (Å²) >= 11 is 1.74. The first-order valence-corrected chi connectivity index (χ1v) is 5.70. The van der Waals surface area contributed by atoms with Gasteiger partial charge in [-0.3, -0.25) is 0 Å². The number of aliphatic hydroxyl groups excluding tert-OH is 2. The molecule has 0 aromatic heterocycles. The predicted molar refractivity (Wildman–Crippen MR) is 59.5 cm³/mol. The first-order valence-electron chi connectivity index (χ1n) is 4.72. The fourth-order valence-electron chi connectivity index (χ4n) is 1.19. The van der Waals surface area contributed by atoms with Crippen molar-refractivity contribution < 1.29 is 10.2 Å². The van der Waals surface area contributed by atoms with Crippen molar-refractivity contribution in [1.29, 1.82) is 0 Å². The summed E-state index contributed by atoms with van der Waals surface area (Å²) in [6, 6.07) is 6.05. The number of aliphatic hydroxyl groups is 2. The van der Waals surface area contributed by atoms with Gasteiger partial charge < -0.3 is 10.2 Å². The standard InChI is InChI=1S/C11H16O2S/c1-9-7-11(14-6-2-5-12)4-3-10(9)8-13/h3-4,7,12-13H,2,5-6,8H2,1H3. The summed E-state index contributed by atoms with van der Waals surface area (Å²) in [5, 5.41) is 17.6. The lowest BCUT2D eigenvalue weighted by molar-refractivity contribution is 0.281. The first kappa shape index (κ1) is 11.6. The van der Waals surface area contributed by atoms with E-state index in [1.807, 2.05) is 19.1 Å². The highest BCUT2D eigenvalue weighted by atomic mass is 32.2. The van der Waals surface area contributed by atoms with Crippen molar-refractivity contribution in [2.45, 2.75) is 24.8 Å². The third-order valence-corrected chi connectivity index (χ3v) is 3.14. The third-order valence-electron chi connectivity index (χ3n) is 2.06. The molecule has 0 amide bonds. The molecule has 14 heavy (non-hydrogen) atoms. The lowest BCUT2D eigenvalue weighted by atomic mass is 10.1. The van der Waals surface area contributed by atoms with Crippen molar-refractivity contribution >= 4 is 11.8 Å². The third kappa shape index (κ3) is 3.33. The van der Waals surface area contributed by atoms with Gasteiger partial charge in [-0.1, -0.05) is 6.07 Å². The van der Waals surface area contributed by atoms with Crippen LogP contribution in [-0.4, -0.2) is 22.6 Å². The SMILES string of the molecule is Cc1cc(SCCCO)ccc1CO. The second-order valence-corrected chi connectivity index (χ2v) is 4.34. The summed E-state index contributed by atoms with van der Waals surface area (Å²) in [4.78, 5) is 1.20. The summed E-state index contributed by atoms with van der Waals surface area (Å²) in [5.74, 6) is 0.939. The van der Waals surface area contributed by atoms with Crippen LogP contribution in [0.4, 0.5) is 0 Å². The maximum atomic E-state index is 8.98. The van der Waals surface area contributed by atoms with E-state index in [0.717, 1.165) is 23.3 Å². The molecule has 1 rings (SSSR count). The Morgan fingerprint density at radius 2 is 2.07 bits per heavy atom. The van der Waals surface area contributed by atoms with Crippen LogP contribution in [0.3, 0.4) is 0 Å². The minimum Gasteiger partial charge on any atom is -0.396 e. The number of benzene rings is 1. The maximum absolute atomic E-state index is 8.98. The predicted octanol–water partition coefficient (Wildman–Crippen LogP) is 1.96. The zero-order valence-electron chi connectivity index (χ0n) is 8.36. The molecule has 0 unspecified atom stereocenters. The van der Waals surface area contributed by atoms with Crippen molar-refractivity contribution in [2.24, 2.45) is 0 Å². The van der Waals surface area contributed by atoms with Gasteiger partial charge in [0.2, 0.25) is 0 Å². The molecule has 0 aliphatic heterocycles. The summed E-state index contributed by atoms with van der Waals surface area (Å²) in [7, 11) is 0. The fraction of sp³-hybridized carbons (Fsp3) is 0.455. The molecule has 2 nitrogen and oxygen atoms in total. The second kappa shape index (κ2) is 6.06. The van der Waals surface area contributed by atoms with Gasteiger partial charge in [0.25, 0.3) is 0 Å². The molecule has 0 radical (unpaired) electrons. The van der Waals surface area contributed by atoms with Crippen LogP contribution < -0.4 is 0 Å². The van der Waals surface area contributed by atoms with Gasteiger partial charge >= 0.3 is 0 Å². The molecule has 0 saturated carbocycles. The zero-order valence-corrected chi connectivity index (χ0v) is 9.18. The Bertz CT molecular complexity index is 287. The lowest BCUT2D eigenvalue weighted by Gasteiger charge is -2.05. The molecule has 1 aromatic carbocycles. The topological polar surface area (TPSA) is 40.5 Å². The van der Waals surface area contributed by atoms with Crippen molar-refractivity contribution in [3.63, 3.8) is 0 Å². The van der Waals surface area contributed by atoms with E-state index in [1.54, 1.807) is 11.8 Å². The highest BCUT2D eigenvalue weighted by Crippen LogP contribution is 2.21. The van der Waals surface area contributed by atoms with Crippen LogP contribution in [0.5, 0.6) is 0 Å². The highest BCUT2D eigenvalue weighted by Gasteiger charge is 1.99. The van der Waals surface area contributed by atoms with Crippen LogP contribution >= 0.6 is 11.8 Å². The number of hydrogen-bond donors (Lipinski definition) is 2. The van der Waals surface area contributed by atoms with Crippen LogP contribution in [0, 0.1) is 6.92 Å². The van der Waals surface area contributed by atoms with E-state index in [0.29, 0.717) is 0 Å². The largest absolute Gasteiger partial charge is 0.396 e. The molecular weight excluding hydrogens is 196 g/mol. The van der Waals surface area contributed by atoms with Gasteiger partial charge in [-0.05, 0) is 36.6 Å². The Labute approximate surface area is 89.0 Å². The van der Waals surface area contributed by atoms with E-state index < -0.39 is 0 Å². The lowest BCUT2D eigenvalue weighted by Crippen LogP contribution is -1.90. The highest BCUT2D eigenvalue weighted by molar-refractivity contribution is 7.99. The van der Waals surface area contributed by atoms with Crippen molar-refractivity contribution in [2.75, 3.05) is 12.4 Å². The summed E-state index contributed by atoms with van der Waals surface area (Å²) < 4.78 is 0. The zero-order chi connectivity index (χ0) is 10.4. The molecule has 0 heterocycles. The van der Waals surface area contributed by atoms with Crippen LogP contribution in [0.25, 0.3) is 0 Å². The number of thioether (sulfide) groups is 1. The molecule has 3 heteroatoms. The van der Waals surface area contributed by atoms with Crippen LogP contribution in [-0.2, 0) is 6.61 Å². The van der Waals surface area contributed by atoms with Crippen molar-refractivity contribution in [3.8, 4) is 0 Å². The molecule has 2 N–H and O–H groups in total. The van der Waals surface area contributed by atoms with Crippen LogP contribution in [0.2, 0.25) is 0 Å². The Hall–Kier alpha value is -0.510. The van der Waals surface area contributed by atoms with Crippen LogP contribution in [0.15, 0.2) is 23.1 Å². The molecule has 0 bridgehead atoms. The molecule has 0 aliphatic rings. The summed E-state index contributed by atoms with van der Waals surface area (Å²) in [6.45, 7) is 2.36. The van der Waals surface area contributed by atoms with Gasteiger partial charge in [-0.15, -0.1) is 11.8 Å². The summed E-state index contributed by atoms with van der Waals surface area (Å²) in [6.07, 6.45) is 0.825. The number of rotatable bonds is 5. The van der Waals surface area contributed by atoms with Crippen LogP contribution in [0.1, 0.15) is 17.5 Å². The average molecular weight is 212 g/mol. The van der Waals surface area contributed by atoms with Crippen molar-refractivity contribution in [3.05, 3.63) is 29.3 Å². The van der Waals surface area contributed by atoms with Gasteiger partial charge in [-0.25, -0.2) is 0 Å². The molecule has 78 valence electrons. The van der Waals surface area contributed by atoms with E-state index in [2.05, 4.69) is 6.07 Å². The fourth-order valence-corrected chi connectivity index (χ4v) is 2.12. The molecule has 1 aromatic rings. The molecule has 0 saturated heterocycles. The van der Waals surface area contributed by atoms with Gasteiger partial charge in [0.05, 0.1) is 6.61 Å². The van der Waals surface area contributed by atoms with E-state index in [-0.39, 0.29) is 13.2 Å². The minimum atomic E-state index is 0.105. The van der Waals surface area contributed by atoms with Gasteiger partial charge in [0.15, 0.2) is 0 Å². The first-order chi connectivity index (χ1) is 6.77. The normalized spacial score (nSPS) is 10.5. The van der Waals surface area contributed by atoms with E-state index >= 15 is 0 Å². The van der Waals surface area contributed by atoms with Gasteiger partial charge in [-0.2, -0.15) is 0 Å². The molecule has 0 spiro atoms. The Morgan fingerprint density at radius 1 is 1.29 bits per heavy atom. The average Bonchev–Trinajstić information content (AvgIpc) is 2.18. The van der Waals surface area contributed by atoms with Gasteiger partial charge in [0, 0.05) is 17.3 Å². The molecule has 0 fully saturated rings. The molecule has 0 atom stereocenters. The molecule has 0 aliphatic carbocycles. The van der Waals surface area contributed by atoms with Crippen molar-refractivity contribution in [1.82, 2.24) is 0 Å².